The van der Waals surface area contributed by atoms with Crippen LogP contribution >= 0.6 is 0 Å². The number of halogens is 2. The zero-order chi connectivity index (χ0) is 10.1. The number of rotatable bonds is 2. The highest BCUT2D eigenvalue weighted by molar-refractivity contribution is 5.97. The third-order valence-electron chi connectivity index (χ3n) is 2.13. The lowest BCUT2D eigenvalue weighted by molar-refractivity contribution is 0.0752. The third-order valence-corrected chi connectivity index (χ3v) is 2.13. The molecule has 2 aromatic rings. The quantitative estimate of drug-likeness (QED) is 0.675. The van der Waals surface area contributed by atoms with Gasteiger partial charge in [-0.1, -0.05) is 12.1 Å². The average Bonchev–Trinajstić information content (AvgIpc) is 2.60. The van der Waals surface area contributed by atoms with Gasteiger partial charge in [0.25, 0.3) is 0 Å². The summed E-state index contributed by atoms with van der Waals surface area (Å²) in [5.74, 6) is 0. The Hall–Kier alpha value is -1.71. The van der Waals surface area contributed by atoms with Crippen molar-refractivity contribution in [3.8, 4) is 0 Å². The molecule has 0 aliphatic heterocycles. The van der Waals surface area contributed by atoms with Gasteiger partial charge < -0.3 is 0 Å². The largest absolute Gasteiger partial charge is 0.319 e. The molecule has 0 aliphatic carbocycles. The first-order valence-electron chi connectivity index (χ1n) is 4.07. The Morgan fingerprint density at radius 2 is 2.07 bits per heavy atom. The van der Waals surface area contributed by atoms with E-state index in [-0.39, 0.29) is 0 Å². The molecule has 4 heteroatoms. The summed E-state index contributed by atoms with van der Waals surface area (Å²) in [6.07, 6.45) is 1.94. The van der Waals surface area contributed by atoms with Crippen LogP contribution in [0.1, 0.15) is 16.9 Å². The number of benzene rings is 1. The van der Waals surface area contributed by atoms with Crippen molar-refractivity contribution in [2.24, 2.45) is 0 Å². The van der Waals surface area contributed by atoms with Crippen LogP contribution < -0.4 is 0 Å². The molecule has 2 nitrogen and oxygen atoms in total. The second kappa shape index (κ2) is 3.21. The second-order valence-electron chi connectivity index (χ2n) is 2.90. The van der Waals surface area contributed by atoms with Crippen molar-refractivity contribution in [3.63, 3.8) is 0 Å². The molecule has 0 unspecified atom stereocenters. The fourth-order valence-electron chi connectivity index (χ4n) is 1.49. The van der Waals surface area contributed by atoms with Gasteiger partial charge in [-0.15, -0.1) is 0 Å². The zero-order valence-corrected chi connectivity index (χ0v) is 7.15. The Labute approximate surface area is 78.8 Å². The molecule has 0 amide bonds. The lowest BCUT2D eigenvalue weighted by atomic mass is 10.1. The van der Waals surface area contributed by atoms with E-state index in [4.69, 9.17) is 0 Å². The summed E-state index contributed by atoms with van der Waals surface area (Å²) in [7, 11) is 0. The summed E-state index contributed by atoms with van der Waals surface area (Å²) in [5, 5.41) is 0.558. The van der Waals surface area contributed by atoms with Crippen molar-refractivity contribution in [3.05, 3.63) is 36.0 Å². The molecular weight excluding hydrogens is 188 g/mol. The van der Waals surface area contributed by atoms with Crippen LogP contribution in [0.2, 0.25) is 0 Å². The maximum atomic E-state index is 12.4. The highest BCUT2D eigenvalue weighted by atomic mass is 19.3. The molecule has 0 atom stereocenters. The molecule has 0 N–H and O–H groups in total. The Morgan fingerprint density at radius 1 is 1.29 bits per heavy atom. The molecule has 1 aromatic heterocycles. The van der Waals surface area contributed by atoms with Crippen molar-refractivity contribution in [1.82, 2.24) is 4.57 Å². The van der Waals surface area contributed by atoms with Crippen LogP contribution in [0.5, 0.6) is 0 Å². The minimum Gasteiger partial charge on any atom is -0.298 e. The number of carbonyl (C=O) groups is 1. The van der Waals surface area contributed by atoms with Crippen molar-refractivity contribution in [2.45, 2.75) is 6.55 Å². The van der Waals surface area contributed by atoms with Gasteiger partial charge in [-0.2, -0.15) is 8.78 Å². The van der Waals surface area contributed by atoms with Crippen molar-refractivity contribution < 1.29 is 13.6 Å². The highest BCUT2D eigenvalue weighted by Gasteiger charge is 2.10. The summed E-state index contributed by atoms with van der Waals surface area (Å²) in [5.41, 5.74) is 0.812. The lowest BCUT2D eigenvalue weighted by Crippen LogP contribution is -1.95. The standard InChI is InChI=1S/C10H7F2NO/c11-10(12)13-5-4-8-7(6-14)2-1-3-9(8)13/h1-6,10H. The molecule has 2 rings (SSSR count). The Kier molecular flexibility index (Phi) is 2.04. The number of fused-ring (bicyclic) bond motifs is 1. The Bertz CT molecular complexity index is 476. The van der Waals surface area contributed by atoms with Crippen molar-refractivity contribution >= 4 is 17.2 Å². The van der Waals surface area contributed by atoms with Crippen molar-refractivity contribution in [2.75, 3.05) is 0 Å². The summed E-state index contributed by atoms with van der Waals surface area (Å²) < 4.78 is 25.7. The minimum atomic E-state index is -2.57. The number of hydrogen-bond acceptors (Lipinski definition) is 1. The van der Waals surface area contributed by atoms with Crippen LogP contribution in [-0.4, -0.2) is 10.9 Å². The first kappa shape index (κ1) is 8.87. The van der Waals surface area contributed by atoms with E-state index in [1.54, 1.807) is 18.2 Å². The van der Waals surface area contributed by atoms with Gasteiger partial charge in [0, 0.05) is 17.1 Å². The monoisotopic (exact) mass is 195 g/mol. The number of nitrogens with zero attached hydrogens (tertiary/aromatic N) is 1. The molecule has 0 spiro atoms. The van der Waals surface area contributed by atoms with E-state index >= 15 is 0 Å². The summed E-state index contributed by atoms with van der Waals surface area (Å²) in [6.45, 7) is -2.57. The molecule has 1 heterocycles. The molecule has 0 saturated heterocycles. The smallest absolute Gasteiger partial charge is 0.298 e. The van der Waals surface area contributed by atoms with Crippen LogP contribution in [0.15, 0.2) is 30.5 Å². The maximum absolute atomic E-state index is 12.4. The predicted octanol–water partition coefficient (Wildman–Crippen LogP) is 2.85. The normalized spacial score (nSPS) is 11.1. The SMILES string of the molecule is O=Cc1cccc2c1ccn2C(F)F. The zero-order valence-electron chi connectivity index (χ0n) is 7.15. The molecule has 0 saturated carbocycles. The molecule has 14 heavy (non-hydrogen) atoms. The minimum absolute atomic E-state index is 0.379. The van der Waals surface area contributed by atoms with Crippen molar-refractivity contribution in [1.29, 1.82) is 0 Å². The number of aldehydes is 1. The fraction of sp³-hybridized carbons (Fsp3) is 0.100. The maximum Gasteiger partial charge on any atom is 0.319 e. The van der Waals surface area contributed by atoms with Gasteiger partial charge in [0.05, 0.1) is 5.52 Å². The Morgan fingerprint density at radius 3 is 2.71 bits per heavy atom. The second-order valence-corrected chi connectivity index (χ2v) is 2.90. The molecule has 0 bridgehead atoms. The first-order valence-corrected chi connectivity index (χ1v) is 4.07. The van der Waals surface area contributed by atoms with Gasteiger partial charge in [0.2, 0.25) is 0 Å². The van der Waals surface area contributed by atoms with Crippen LogP contribution in [-0.2, 0) is 0 Å². The predicted molar refractivity (Wildman–Crippen MR) is 48.6 cm³/mol. The van der Waals surface area contributed by atoms with E-state index in [9.17, 15) is 13.6 Å². The van der Waals surface area contributed by atoms with Gasteiger partial charge in [-0.25, -0.2) is 0 Å². The third kappa shape index (κ3) is 1.19. The van der Waals surface area contributed by atoms with E-state index < -0.39 is 6.55 Å². The van der Waals surface area contributed by atoms with Crippen LogP contribution in [0, 0.1) is 0 Å². The van der Waals surface area contributed by atoms with Gasteiger partial charge in [0.15, 0.2) is 6.29 Å². The summed E-state index contributed by atoms with van der Waals surface area (Å²) in [6, 6.07) is 6.27. The number of hydrogen-bond donors (Lipinski definition) is 0. The van der Waals surface area contributed by atoms with E-state index in [0.29, 0.717) is 22.8 Å². The van der Waals surface area contributed by atoms with Crippen LogP contribution in [0.25, 0.3) is 10.9 Å². The van der Waals surface area contributed by atoms with E-state index in [0.717, 1.165) is 4.57 Å². The van der Waals surface area contributed by atoms with Gasteiger partial charge in [-0.3, -0.25) is 9.36 Å². The topological polar surface area (TPSA) is 22.0 Å². The van der Waals surface area contributed by atoms with Gasteiger partial charge >= 0.3 is 6.55 Å². The molecule has 1 aromatic carbocycles. The number of alkyl halides is 2. The molecule has 0 fully saturated rings. The number of aromatic nitrogens is 1. The number of carbonyl (C=O) groups excluding carboxylic acids is 1. The molecule has 0 radical (unpaired) electrons. The van der Waals surface area contributed by atoms with E-state index in [1.165, 1.54) is 12.3 Å². The Balaban J connectivity index is 2.75. The highest BCUT2D eigenvalue weighted by Crippen LogP contribution is 2.23. The fourth-order valence-corrected chi connectivity index (χ4v) is 1.49. The van der Waals surface area contributed by atoms with Crippen LogP contribution in [0.4, 0.5) is 8.78 Å². The van der Waals surface area contributed by atoms with Gasteiger partial charge in [0.1, 0.15) is 0 Å². The van der Waals surface area contributed by atoms with E-state index in [1.807, 2.05) is 0 Å². The molecular formula is C10H7F2NO. The molecule has 72 valence electrons. The average molecular weight is 195 g/mol. The lowest BCUT2D eigenvalue weighted by Gasteiger charge is -2.02. The van der Waals surface area contributed by atoms with Crippen LogP contribution in [0.3, 0.4) is 0 Å². The molecule has 0 aliphatic rings. The summed E-state index contributed by atoms with van der Waals surface area (Å²) >= 11 is 0. The summed E-state index contributed by atoms with van der Waals surface area (Å²) in [4.78, 5) is 10.6. The van der Waals surface area contributed by atoms with Gasteiger partial charge in [-0.05, 0) is 12.1 Å². The van der Waals surface area contributed by atoms with E-state index in [2.05, 4.69) is 0 Å². The first-order chi connectivity index (χ1) is 6.74.